The van der Waals surface area contributed by atoms with Crippen LogP contribution in [0.1, 0.15) is 29.9 Å². The molecule has 1 heterocycles. The second-order valence-electron chi connectivity index (χ2n) is 6.55. The molecule has 0 spiro atoms. The van der Waals surface area contributed by atoms with Gasteiger partial charge in [0.1, 0.15) is 0 Å². The van der Waals surface area contributed by atoms with Crippen LogP contribution in [0.5, 0.6) is 0 Å². The van der Waals surface area contributed by atoms with Crippen molar-refractivity contribution in [3.05, 3.63) is 71.8 Å². The first-order valence-electron chi connectivity index (χ1n) is 7.78. The normalized spacial score (nSPS) is 21.8. The van der Waals surface area contributed by atoms with E-state index in [0.717, 1.165) is 25.9 Å². The van der Waals surface area contributed by atoms with Crippen molar-refractivity contribution in [1.29, 1.82) is 0 Å². The molecule has 0 atom stereocenters. The fourth-order valence-electron chi connectivity index (χ4n) is 3.99. The van der Waals surface area contributed by atoms with E-state index in [0.29, 0.717) is 0 Å². The van der Waals surface area contributed by atoms with Gasteiger partial charge < -0.3 is 10.4 Å². The summed E-state index contributed by atoms with van der Waals surface area (Å²) in [5.41, 5.74) is 2.09. The van der Waals surface area contributed by atoms with Crippen molar-refractivity contribution in [3.8, 4) is 0 Å². The summed E-state index contributed by atoms with van der Waals surface area (Å²) < 4.78 is 0. The average Bonchev–Trinajstić information content (AvgIpc) is 3.29. The summed E-state index contributed by atoms with van der Waals surface area (Å²) in [5.74, 6) is 0.284. The first-order valence-corrected chi connectivity index (χ1v) is 7.78. The molecule has 2 nitrogen and oxygen atoms in total. The molecule has 2 N–H and O–H groups in total. The summed E-state index contributed by atoms with van der Waals surface area (Å²) in [4.78, 5) is 0. The Morgan fingerprint density at radius 2 is 1.29 bits per heavy atom. The molecule has 1 saturated heterocycles. The highest BCUT2D eigenvalue weighted by atomic mass is 16.3. The van der Waals surface area contributed by atoms with Crippen molar-refractivity contribution in [2.24, 2.45) is 5.41 Å². The molecule has 2 fully saturated rings. The Kier molecular flexibility index (Phi) is 2.91. The molecule has 4 rings (SSSR count). The molecule has 2 aliphatic rings. The van der Waals surface area contributed by atoms with Crippen molar-refractivity contribution >= 4 is 0 Å². The van der Waals surface area contributed by atoms with Gasteiger partial charge in [-0.25, -0.2) is 0 Å². The predicted molar refractivity (Wildman–Crippen MR) is 84.2 cm³/mol. The Labute approximate surface area is 125 Å². The van der Waals surface area contributed by atoms with Crippen LogP contribution in [0.3, 0.4) is 0 Å². The standard InChI is InChI=1S/C19H21NO/c21-19(13-20-14-19)18(11-12-18)17(15-7-3-1-4-8-15)16-9-5-2-6-10-16/h1-10,17,20-21H,11-14H2. The lowest BCUT2D eigenvalue weighted by Crippen LogP contribution is -2.65. The third-order valence-corrected chi connectivity index (χ3v) is 5.37. The van der Waals surface area contributed by atoms with Crippen LogP contribution < -0.4 is 5.32 Å². The van der Waals surface area contributed by atoms with E-state index in [1.165, 1.54) is 11.1 Å². The topological polar surface area (TPSA) is 32.3 Å². The van der Waals surface area contributed by atoms with Gasteiger partial charge in [-0.15, -0.1) is 0 Å². The van der Waals surface area contributed by atoms with Crippen LogP contribution in [0.2, 0.25) is 0 Å². The minimum Gasteiger partial charge on any atom is -0.387 e. The molecule has 1 aliphatic heterocycles. The molecule has 1 saturated carbocycles. The second-order valence-corrected chi connectivity index (χ2v) is 6.55. The van der Waals surface area contributed by atoms with Crippen LogP contribution in [0.4, 0.5) is 0 Å². The molecule has 2 aromatic rings. The van der Waals surface area contributed by atoms with Crippen LogP contribution in [-0.2, 0) is 0 Å². The van der Waals surface area contributed by atoms with Gasteiger partial charge in [-0.05, 0) is 24.0 Å². The lowest BCUT2D eigenvalue weighted by molar-refractivity contribution is -0.0807. The van der Waals surface area contributed by atoms with Gasteiger partial charge in [0.25, 0.3) is 0 Å². The summed E-state index contributed by atoms with van der Waals surface area (Å²) in [7, 11) is 0. The molecule has 0 aromatic heterocycles. The summed E-state index contributed by atoms with van der Waals surface area (Å²) in [6.07, 6.45) is 2.22. The molecule has 2 heteroatoms. The van der Waals surface area contributed by atoms with E-state index in [1.54, 1.807) is 0 Å². The smallest absolute Gasteiger partial charge is 0.0959 e. The Bertz CT molecular complexity index is 575. The van der Waals surface area contributed by atoms with E-state index in [1.807, 2.05) is 0 Å². The zero-order chi connectivity index (χ0) is 14.3. The van der Waals surface area contributed by atoms with Crippen molar-refractivity contribution in [3.63, 3.8) is 0 Å². The fraction of sp³-hybridized carbons (Fsp3) is 0.368. The molecule has 0 bridgehead atoms. The molecule has 0 radical (unpaired) electrons. The first-order chi connectivity index (χ1) is 10.3. The Morgan fingerprint density at radius 3 is 1.62 bits per heavy atom. The lowest BCUT2D eigenvalue weighted by Gasteiger charge is -2.48. The van der Waals surface area contributed by atoms with Gasteiger partial charge in [-0.1, -0.05) is 60.7 Å². The van der Waals surface area contributed by atoms with E-state index in [-0.39, 0.29) is 11.3 Å². The second kappa shape index (κ2) is 4.69. The summed E-state index contributed by atoms with van der Waals surface area (Å²) >= 11 is 0. The number of hydrogen-bond acceptors (Lipinski definition) is 2. The number of β-amino-alcohol motifs (C(OH)–C–C–N with tert-alkyl or cyclic N) is 1. The average molecular weight is 279 g/mol. The quantitative estimate of drug-likeness (QED) is 0.902. The maximum absolute atomic E-state index is 11.0. The summed E-state index contributed by atoms with van der Waals surface area (Å²) in [5, 5.41) is 14.3. The van der Waals surface area contributed by atoms with Crippen molar-refractivity contribution in [2.45, 2.75) is 24.4 Å². The molecule has 2 aromatic carbocycles. The molecular formula is C19H21NO. The first kappa shape index (κ1) is 13.1. The lowest BCUT2D eigenvalue weighted by atomic mass is 9.66. The zero-order valence-electron chi connectivity index (χ0n) is 12.1. The van der Waals surface area contributed by atoms with E-state index in [4.69, 9.17) is 0 Å². The van der Waals surface area contributed by atoms with Gasteiger partial charge in [0.2, 0.25) is 0 Å². The fourth-order valence-corrected chi connectivity index (χ4v) is 3.99. The van der Waals surface area contributed by atoms with E-state index >= 15 is 0 Å². The monoisotopic (exact) mass is 279 g/mol. The maximum Gasteiger partial charge on any atom is 0.0959 e. The van der Waals surface area contributed by atoms with Gasteiger partial charge >= 0.3 is 0 Å². The number of aliphatic hydroxyl groups is 1. The SMILES string of the molecule is OC1(C2(C(c3ccccc3)c3ccccc3)CC2)CNC1. The largest absolute Gasteiger partial charge is 0.387 e. The highest BCUT2D eigenvalue weighted by molar-refractivity contribution is 5.40. The third-order valence-electron chi connectivity index (χ3n) is 5.37. The molecule has 21 heavy (non-hydrogen) atoms. The number of rotatable bonds is 4. The number of benzene rings is 2. The molecule has 108 valence electrons. The molecule has 0 amide bonds. The van der Waals surface area contributed by atoms with Crippen LogP contribution in [0.15, 0.2) is 60.7 Å². The number of hydrogen-bond donors (Lipinski definition) is 2. The van der Waals surface area contributed by atoms with Gasteiger partial charge in [0.15, 0.2) is 0 Å². The Balaban J connectivity index is 1.82. The Hall–Kier alpha value is -1.64. The van der Waals surface area contributed by atoms with Gasteiger partial charge in [0, 0.05) is 24.4 Å². The van der Waals surface area contributed by atoms with Crippen LogP contribution in [0, 0.1) is 5.41 Å². The minimum absolute atomic E-state index is 0.000949. The molecular weight excluding hydrogens is 258 g/mol. The van der Waals surface area contributed by atoms with Crippen LogP contribution >= 0.6 is 0 Å². The zero-order valence-corrected chi connectivity index (χ0v) is 12.1. The van der Waals surface area contributed by atoms with Crippen LogP contribution in [-0.4, -0.2) is 23.8 Å². The van der Waals surface area contributed by atoms with Crippen molar-refractivity contribution in [2.75, 3.05) is 13.1 Å². The van der Waals surface area contributed by atoms with Gasteiger partial charge in [-0.2, -0.15) is 0 Å². The highest BCUT2D eigenvalue weighted by Crippen LogP contribution is 2.65. The van der Waals surface area contributed by atoms with Crippen molar-refractivity contribution < 1.29 is 5.11 Å². The summed E-state index contributed by atoms with van der Waals surface area (Å²) in [6.45, 7) is 1.45. The highest BCUT2D eigenvalue weighted by Gasteiger charge is 2.65. The Morgan fingerprint density at radius 1 is 0.810 bits per heavy atom. The van der Waals surface area contributed by atoms with Gasteiger partial charge in [0.05, 0.1) is 5.60 Å². The van der Waals surface area contributed by atoms with E-state index in [9.17, 15) is 5.11 Å². The summed E-state index contributed by atoms with van der Waals surface area (Å²) in [6, 6.07) is 21.3. The maximum atomic E-state index is 11.0. The van der Waals surface area contributed by atoms with E-state index in [2.05, 4.69) is 66.0 Å². The van der Waals surface area contributed by atoms with Crippen LogP contribution in [0.25, 0.3) is 0 Å². The molecule has 0 unspecified atom stereocenters. The number of nitrogens with one attached hydrogen (secondary N) is 1. The van der Waals surface area contributed by atoms with E-state index < -0.39 is 5.60 Å². The van der Waals surface area contributed by atoms with Gasteiger partial charge in [-0.3, -0.25) is 0 Å². The third kappa shape index (κ3) is 1.94. The minimum atomic E-state index is -0.552. The van der Waals surface area contributed by atoms with Crippen molar-refractivity contribution in [1.82, 2.24) is 5.32 Å². The molecule has 1 aliphatic carbocycles. The predicted octanol–water partition coefficient (Wildman–Crippen LogP) is 2.93.